The van der Waals surface area contributed by atoms with Gasteiger partial charge >= 0.3 is 0 Å². The average Bonchev–Trinajstić information content (AvgIpc) is 2.73. The van der Waals surface area contributed by atoms with Crippen LogP contribution >= 0.6 is 15.9 Å². The van der Waals surface area contributed by atoms with Gasteiger partial charge in [-0.25, -0.2) is 4.68 Å². The van der Waals surface area contributed by atoms with Gasteiger partial charge in [0.2, 0.25) is 0 Å². The van der Waals surface area contributed by atoms with E-state index >= 15 is 0 Å². The van der Waals surface area contributed by atoms with Crippen LogP contribution in [0, 0.1) is 6.92 Å². The first-order chi connectivity index (χ1) is 6.68. The van der Waals surface area contributed by atoms with E-state index in [4.69, 9.17) is 10.2 Å². The van der Waals surface area contributed by atoms with Crippen molar-refractivity contribution in [3.63, 3.8) is 0 Å². The van der Waals surface area contributed by atoms with Gasteiger partial charge in [0.25, 0.3) is 0 Å². The quantitative estimate of drug-likeness (QED) is 0.895. The molecule has 74 valence electrons. The predicted molar refractivity (Wildman–Crippen MR) is 56.9 cm³/mol. The Morgan fingerprint density at radius 1 is 1.64 bits per heavy atom. The van der Waals surface area contributed by atoms with Crippen LogP contribution in [-0.4, -0.2) is 9.78 Å². The summed E-state index contributed by atoms with van der Waals surface area (Å²) in [6.07, 6.45) is 1.64. The highest BCUT2D eigenvalue weighted by molar-refractivity contribution is 9.10. The summed E-state index contributed by atoms with van der Waals surface area (Å²) >= 11 is 3.37. The standard InChI is InChI=1S/C9H10BrN3O/c1-6-8(10)9(11)13(12-6)5-7-3-2-4-14-7/h2-4H,5,11H2,1H3. The summed E-state index contributed by atoms with van der Waals surface area (Å²) in [5.41, 5.74) is 6.72. The number of furan rings is 1. The molecule has 0 aliphatic rings. The van der Waals surface area contributed by atoms with E-state index in [1.165, 1.54) is 0 Å². The Morgan fingerprint density at radius 2 is 2.43 bits per heavy atom. The number of halogens is 1. The van der Waals surface area contributed by atoms with Crippen molar-refractivity contribution in [1.29, 1.82) is 0 Å². The Bertz CT molecular complexity index is 433. The Kier molecular flexibility index (Phi) is 2.33. The molecule has 2 heterocycles. The fraction of sp³-hybridized carbons (Fsp3) is 0.222. The normalized spacial score (nSPS) is 10.7. The number of nitrogens with two attached hydrogens (primary N) is 1. The fourth-order valence-electron chi connectivity index (χ4n) is 1.25. The Balaban J connectivity index is 2.30. The van der Waals surface area contributed by atoms with Gasteiger partial charge in [0.05, 0.1) is 16.4 Å². The molecule has 0 saturated heterocycles. The molecule has 0 fully saturated rings. The maximum Gasteiger partial charge on any atom is 0.136 e. The zero-order valence-electron chi connectivity index (χ0n) is 7.70. The first-order valence-electron chi connectivity index (χ1n) is 4.19. The fourth-order valence-corrected chi connectivity index (χ4v) is 1.53. The van der Waals surface area contributed by atoms with Crippen LogP contribution in [0.1, 0.15) is 11.5 Å². The predicted octanol–water partition coefficient (Wildman–Crippen LogP) is 2.18. The number of aryl methyl sites for hydroxylation is 1. The minimum absolute atomic E-state index is 0.561. The number of rotatable bonds is 2. The number of hydrogen-bond donors (Lipinski definition) is 1. The summed E-state index contributed by atoms with van der Waals surface area (Å²) < 4.78 is 7.77. The lowest BCUT2D eigenvalue weighted by Crippen LogP contribution is -2.05. The second-order valence-electron chi connectivity index (χ2n) is 3.02. The molecule has 2 N–H and O–H groups in total. The molecule has 5 heteroatoms. The molecule has 0 bridgehead atoms. The maximum atomic E-state index is 5.83. The largest absolute Gasteiger partial charge is 0.467 e. The second-order valence-corrected chi connectivity index (χ2v) is 3.81. The molecular weight excluding hydrogens is 246 g/mol. The van der Waals surface area contributed by atoms with Crippen LogP contribution in [0.3, 0.4) is 0 Å². The van der Waals surface area contributed by atoms with Gasteiger partial charge in [-0.15, -0.1) is 0 Å². The van der Waals surface area contributed by atoms with Crippen molar-refractivity contribution in [3.8, 4) is 0 Å². The molecule has 0 spiro atoms. The molecule has 0 unspecified atom stereocenters. The number of anilines is 1. The van der Waals surface area contributed by atoms with Crippen LogP contribution in [0.2, 0.25) is 0 Å². The molecule has 0 atom stereocenters. The van der Waals surface area contributed by atoms with Crippen molar-refractivity contribution in [2.24, 2.45) is 0 Å². The number of nitrogens with zero attached hydrogens (tertiary/aromatic N) is 2. The van der Waals surface area contributed by atoms with E-state index in [0.717, 1.165) is 15.9 Å². The van der Waals surface area contributed by atoms with Crippen LogP contribution in [0.15, 0.2) is 27.3 Å². The van der Waals surface area contributed by atoms with Crippen LogP contribution in [0.4, 0.5) is 5.82 Å². The Morgan fingerprint density at radius 3 is 2.93 bits per heavy atom. The third-order valence-corrected chi connectivity index (χ3v) is 2.96. The van der Waals surface area contributed by atoms with E-state index in [1.807, 2.05) is 19.1 Å². The summed E-state index contributed by atoms with van der Waals surface area (Å²) in [5, 5.41) is 4.27. The lowest BCUT2D eigenvalue weighted by molar-refractivity contribution is 0.481. The highest BCUT2D eigenvalue weighted by Crippen LogP contribution is 2.23. The first-order valence-corrected chi connectivity index (χ1v) is 4.98. The lowest BCUT2D eigenvalue weighted by atomic mass is 10.4. The molecule has 0 aliphatic heterocycles. The summed E-state index contributed by atoms with van der Waals surface area (Å²) in [5.74, 6) is 1.46. The van der Waals surface area contributed by atoms with Crippen LogP contribution < -0.4 is 5.73 Å². The molecule has 0 saturated carbocycles. The molecule has 0 aromatic carbocycles. The minimum Gasteiger partial charge on any atom is -0.467 e. The van der Waals surface area contributed by atoms with Gasteiger partial charge in [0, 0.05) is 0 Å². The van der Waals surface area contributed by atoms with Crippen molar-refractivity contribution in [1.82, 2.24) is 9.78 Å². The molecule has 0 amide bonds. The smallest absolute Gasteiger partial charge is 0.136 e. The van der Waals surface area contributed by atoms with E-state index in [-0.39, 0.29) is 0 Å². The zero-order chi connectivity index (χ0) is 10.1. The molecule has 0 radical (unpaired) electrons. The molecular formula is C9H10BrN3O. The van der Waals surface area contributed by atoms with E-state index in [2.05, 4.69) is 21.0 Å². The van der Waals surface area contributed by atoms with Crippen LogP contribution in [0.5, 0.6) is 0 Å². The van der Waals surface area contributed by atoms with Gasteiger partial charge in [-0.1, -0.05) is 0 Å². The molecule has 2 aromatic rings. The SMILES string of the molecule is Cc1nn(Cc2ccco2)c(N)c1Br. The molecule has 14 heavy (non-hydrogen) atoms. The van der Waals surface area contributed by atoms with Gasteiger partial charge in [0.15, 0.2) is 0 Å². The van der Waals surface area contributed by atoms with Crippen LogP contribution in [-0.2, 0) is 6.54 Å². The highest BCUT2D eigenvalue weighted by Gasteiger charge is 2.10. The highest BCUT2D eigenvalue weighted by atomic mass is 79.9. The number of aromatic nitrogens is 2. The van der Waals surface area contributed by atoms with E-state index < -0.39 is 0 Å². The van der Waals surface area contributed by atoms with Gasteiger partial charge in [0.1, 0.15) is 18.1 Å². The lowest BCUT2D eigenvalue weighted by Gasteiger charge is -2.00. The third-order valence-electron chi connectivity index (χ3n) is 1.98. The van der Waals surface area contributed by atoms with Gasteiger partial charge in [-0.05, 0) is 35.0 Å². The molecule has 2 rings (SSSR count). The monoisotopic (exact) mass is 255 g/mol. The van der Waals surface area contributed by atoms with Gasteiger partial charge < -0.3 is 10.2 Å². The summed E-state index contributed by atoms with van der Waals surface area (Å²) in [6, 6.07) is 3.74. The van der Waals surface area contributed by atoms with Gasteiger partial charge in [-0.2, -0.15) is 5.10 Å². The maximum absolute atomic E-state index is 5.83. The minimum atomic E-state index is 0.561. The first kappa shape index (κ1) is 9.33. The molecule has 0 aliphatic carbocycles. The van der Waals surface area contributed by atoms with Gasteiger partial charge in [-0.3, -0.25) is 0 Å². The summed E-state index contributed by atoms with van der Waals surface area (Å²) in [7, 11) is 0. The van der Waals surface area contributed by atoms with E-state index in [0.29, 0.717) is 12.4 Å². The topological polar surface area (TPSA) is 57.0 Å². The number of hydrogen-bond acceptors (Lipinski definition) is 3. The number of nitrogen functional groups attached to an aromatic ring is 1. The summed E-state index contributed by atoms with van der Waals surface area (Å²) in [6.45, 7) is 2.46. The van der Waals surface area contributed by atoms with E-state index in [9.17, 15) is 0 Å². The van der Waals surface area contributed by atoms with E-state index in [1.54, 1.807) is 10.9 Å². The van der Waals surface area contributed by atoms with Crippen molar-refractivity contribution in [2.45, 2.75) is 13.5 Å². The third kappa shape index (κ3) is 1.55. The second kappa shape index (κ2) is 3.49. The average molecular weight is 256 g/mol. The summed E-state index contributed by atoms with van der Waals surface area (Å²) in [4.78, 5) is 0. The molecule has 2 aromatic heterocycles. The Hall–Kier alpha value is -1.23. The van der Waals surface area contributed by atoms with Crippen LogP contribution in [0.25, 0.3) is 0 Å². The van der Waals surface area contributed by atoms with Crippen molar-refractivity contribution in [2.75, 3.05) is 5.73 Å². The van der Waals surface area contributed by atoms with Crippen molar-refractivity contribution < 1.29 is 4.42 Å². The van der Waals surface area contributed by atoms with Crippen molar-refractivity contribution in [3.05, 3.63) is 34.3 Å². The zero-order valence-corrected chi connectivity index (χ0v) is 9.28. The molecule has 4 nitrogen and oxygen atoms in total. The van der Waals surface area contributed by atoms with Crippen molar-refractivity contribution >= 4 is 21.7 Å². The Labute approximate surface area is 89.8 Å².